The zero-order valence-electron chi connectivity index (χ0n) is 9.15. The molecule has 6 heteroatoms. The van der Waals surface area contributed by atoms with Crippen molar-refractivity contribution in [2.45, 2.75) is 12.5 Å². The number of rotatable bonds is 3. The van der Waals surface area contributed by atoms with Gasteiger partial charge < -0.3 is 14.9 Å². The Hall–Kier alpha value is -1.14. The molecule has 0 saturated carbocycles. The highest BCUT2D eigenvalue weighted by atomic mass is 79.9. The normalized spacial score (nSPS) is 24.1. The standard InChI is InChI=1S/C11H12BrN3O2/c12-10-2-1-8-9(3-4-13-11(8)14-10)15-17-6-7-5-16-7/h1-2,7H,3-6H2,(H,13,14)/b15-9+/t7-/m1/s1. The van der Waals surface area contributed by atoms with Crippen molar-refractivity contribution in [3.05, 3.63) is 22.3 Å². The average molecular weight is 298 g/mol. The minimum atomic E-state index is 0.239. The molecule has 17 heavy (non-hydrogen) atoms. The van der Waals surface area contributed by atoms with Crippen LogP contribution in [-0.4, -0.2) is 36.6 Å². The molecule has 1 saturated heterocycles. The smallest absolute Gasteiger partial charge is 0.145 e. The van der Waals surface area contributed by atoms with Crippen molar-refractivity contribution < 1.29 is 9.57 Å². The third kappa shape index (κ3) is 2.58. The first-order valence-electron chi connectivity index (χ1n) is 5.54. The number of nitrogens with one attached hydrogen (secondary N) is 1. The Bertz CT molecular complexity index is 460. The van der Waals surface area contributed by atoms with Gasteiger partial charge in [0.1, 0.15) is 23.1 Å². The van der Waals surface area contributed by atoms with Crippen molar-refractivity contribution in [3.8, 4) is 0 Å². The molecule has 2 aliphatic heterocycles. The Morgan fingerprint density at radius 2 is 2.47 bits per heavy atom. The van der Waals surface area contributed by atoms with Gasteiger partial charge in [-0.2, -0.15) is 0 Å². The molecule has 1 atom stereocenters. The van der Waals surface area contributed by atoms with Crippen molar-refractivity contribution in [2.75, 3.05) is 25.1 Å². The molecule has 0 amide bonds. The lowest BCUT2D eigenvalue weighted by atomic mass is 10.1. The monoisotopic (exact) mass is 297 g/mol. The van der Waals surface area contributed by atoms with Crippen LogP contribution in [-0.2, 0) is 9.57 Å². The van der Waals surface area contributed by atoms with E-state index in [1.54, 1.807) is 0 Å². The summed E-state index contributed by atoms with van der Waals surface area (Å²) in [6.45, 7) is 2.16. The van der Waals surface area contributed by atoms with Gasteiger partial charge in [-0.15, -0.1) is 0 Å². The molecule has 0 radical (unpaired) electrons. The summed E-state index contributed by atoms with van der Waals surface area (Å²) >= 11 is 3.35. The van der Waals surface area contributed by atoms with Crippen LogP contribution >= 0.6 is 15.9 Å². The van der Waals surface area contributed by atoms with E-state index in [1.165, 1.54) is 0 Å². The Balaban J connectivity index is 1.77. The molecule has 3 rings (SSSR count). The zero-order chi connectivity index (χ0) is 11.7. The number of anilines is 1. The van der Waals surface area contributed by atoms with Gasteiger partial charge in [-0.05, 0) is 28.1 Å². The van der Waals surface area contributed by atoms with E-state index in [0.717, 1.165) is 41.3 Å². The van der Waals surface area contributed by atoms with Gasteiger partial charge in [0.05, 0.1) is 12.3 Å². The second-order valence-corrected chi connectivity index (χ2v) is 4.81. The SMILES string of the molecule is Brc1ccc2c(n1)NCC/C2=N\OC[C@H]1CO1. The molecule has 0 aliphatic carbocycles. The minimum Gasteiger partial charge on any atom is -0.393 e. The molecule has 3 heterocycles. The summed E-state index contributed by atoms with van der Waals surface area (Å²) in [5, 5.41) is 7.42. The van der Waals surface area contributed by atoms with Crippen molar-refractivity contribution in [2.24, 2.45) is 5.16 Å². The van der Waals surface area contributed by atoms with E-state index in [1.807, 2.05) is 12.1 Å². The van der Waals surface area contributed by atoms with E-state index in [4.69, 9.17) is 9.57 Å². The zero-order valence-corrected chi connectivity index (χ0v) is 10.7. The number of nitrogens with zero attached hydrogens (tertiary/aromatic N) is 2. The Morgan fingerprint density at radius 3 is 3.29 bits per heavy atom. The molecule has 2 aliphatic rings. The molecule has 1 fully saturated rings. The van der Waals surface area contributed by atoms with Gasteiger partial charge in [0, 0.05) is 18.5 Å². The predicted molar refractivity (Wildman–Crippen MR) is 67.3 cm³/mol. The van der Waals surface area contributed by atoms with Gasteiger partial charge in [-0.3, -0.25) is 0 Å². The number of hydrogen-bond acceptors (Lipinski definition) is 5. The summed E-state index contributed by atoms with van der Waals surface area (Å²) < 4.78 is 5.87. The third-order valence-electron chi connectivity index (χ3n) is 2.66. The molecule has 90 valence electrons. The van der Waals surface area contributed by atoms with Gasteiger partial charge in [0.15, 0.2) is 0 Å². The van der Waals surface area contributed by atoms with Crippen molar-refractivity contribution in [3.63, 3.8) is 0 Å². The van der Waals surface area contributed by atoms with Crippen LogP contribution < -0.4 is 5.32 Å². The number of hydrogen-bond donors (Lipinski definition) is 1. The Kier molecular flexibility index (Phi) is 2.98. The van der Waals surface area contributed by atoms with Crippen LogP contribution in [0.4, 0.5) is 5.82 Å². The summed E-state index contributed by atoms with van der Waals surface area (Å²) in [6, 6.07) is 3.90. The maximum absolute atomic E-state index is 5.28. The average Bonchev–Trinajstić information content (AvgIpc) is 3.13. The third-order valence-corrected chi connectivity index (χ3v) is 3.11. The predicted octanol–water partition coefficient (Wildman–Crippen LogP) is 1.78. The van der Waals surface area contributed by atoms with E-state index in [-0.39, 0.29) is 6.10 Å². The van der Waals surface area contributed by atoms with Gasteiger partial charge in [0.25, 0.3) is 0 Å². The molecule has 0 bridgehead atoms. The number of aromatic nitrogens is 1. The fraction of sp³-hybridized carbons (Fsp3) is 0.455. The molecule has 0 spiro atoms. The van der Waals surface area contributed by atoms with Crippen LogP contribution in [0.15, 0.2) is 21.9 Å². The van der Waals surface area contributed by atoms with Crippen LogP contribution in [0.3, 0.4) is 0 Å². The number of epoxide rings is 1. The number of halogens is 1. The maximum atomic E-state index is 5.28. The lowest BCUT2D eigenvalue weighted by Crippen LogP contribution is -2.20. The largest absolute Gasteiger partial charge is 0.393 e. The second-order valence-electron chi connectivity index (χ2n) is 4.00. The molecule has 5 nitrogen and oxygen atoms in total. The summed E-state index contributed by atoms with van der Waals surface area (Å²) in [5.74, 6) is 0.857. The lowest BCUT2D eigenvalue weighted by Gasteiger charge is -2.18. The van der Waals surface area contributed by atoms with Crippen LogP contribution in [0.25, 0.3) is 0 Å². The summed E-state index contributed by atoms with van der Waals surface area (Å²) in [5.41, 5.74) is 1.95. The summed E-state index contributed by atoms with van der Waals surface area (Å²) in [4.78, 5) is 9.64. The summed E-state index contributed by atoms with van der Waals surface area (Å²) in [7, 11) is 0. The van der Waals surface area contributed by atoms with E-state index >= 15 is 0 Å². The molecule has 1 aromatic heterocycles. The van der Waals surface area contributed by atoms with Crippen molar-refractivity contribution in [1.29, 1.82) is 0 Å². The van der Waals surface area contributed by atoms with E-state index in [2.05, 4.69) is 31.4 Å². The first-order chi connectivity index (χ1) is 8.33. The van der Waals surface area contributed by atoms with Crippen LogP contribution in [0.1, 0.15) is 12.0 Å². The highest BCUT2D eigenvalue weighted by Crippen LogP contribution is 2.22. The first kappa shape index (κ1) is 11.0. The molecular formula is C11H12BrN3O2. The summed E-state index contributed by atoms with van der Waals surface area (Å²) in [6.07, 6.45) is 1.09. The minimum absolute atomic E-state index is 0.239. The van der Waals surface area contributed by atoms with Crippen LogP contribution in [0, 0.1) is 0 Å². The number of ether oxygens (including phenoxy) is 1. The highest BCUT2D eigenvalue weighted by molar-refractivity contribution is 9.10. The Labute approximate surface area is 107 Å². The van der Waals surface area contributed by atoms with E-state index in [9.17, 15) is 0 Å². The van der Waals surface area contributed by atoms with Crippen LogP contribution in [0.5, 0.6) is 0 Å². The van der Waals surface area contributed by atoms with Gasteiger partial charge in [0.2, 0.25) is 0 Å². The molecule has 0 aromatic carbocycles. The molecule has 1 N–H and O–H groups in total. The molecular weight excluding hydrogens is 286 g/mol. The van der Waals surface area contributed by atoms with Gasteiger partial charge >= 0.3 is 0 Å². The van der Waals surface area contributed by atoms with E-state index < -0.39 is 0 Å². The maximum Gasteiger partial charge on any atom is 0.145 e. The Morgan fingerprint density at radius 1 is 1.59 bits per heavy atom. The van der Waals surface area contributed by atoms with Gasteiger partial charge in [-0.1, -0.05) is 5.16 Å². The number of pyridine rings is 1. The van der Waals surface area contributed by atoms with Crippen molar-refractivity contribution in [1.82, 2.24) is 4.98 Å². The number of oxime groups is 1. The second kappa shape index (κ2) is 4.62. The van der Waals surface area contributed by atoms with Gasteiger partial charge in [-0.25, -0.2) is 4.98 Å². The highest BCUT2D eigenvalue weighted by Gasteiger charge is 2.23. The van der Waals surface area contributed by atoms with E-state index in [0.29, 0.717) is 6.61 Å². The molecule has 1 aromatic rings. The number of fused-ring (bicyclic) bond motifs is 1. The fourth-order valence-electron chi connectivity index (χ4n) is 1.69. The lowest BCUT2D eigenvalue weighted by molar-refractivity contribution is 0.124. The van der Waals surface area contributed by atoms with Crippen LogP contribution in [0.2, 0.25) is 0 Å². The van der Waals surface area contributed by atoms with Crippen molar-refractivity contribution >= 4 is 27.5 Å². The first-order valence-corrected chi connectivity index (χ1v) is 6.33. The topological polar surface area (TPSA) is 59.0 Å². The quantitative estimate of drug-likeness (QED) is 0.525. The fourth-order valence-corrected chi connectivity index (χ4v) is 2.00. The molecule has 0 unspecified atom stereocenters.